The summed E-state index contributed by atoms with van der Waals surface area (Å²) in [5.41, 5.74) is 0.929. The van der Waals surface area contributed by atoms with Crippen LogP contribution in [0.2, 0.25) is 0 Å². The van der Waals surface area contributed by atoms with Crippen LogP contribution in [0.25, 0.3) is 0 Å². The number of carboxylic acids is 1. The second-order valence-electron chi connectivity index (χ2n) is 5.37. The van der Waals surface area contributed by atoms with Gasteiger partial charge in [0.2, 0.25) is 5.91 Å². The van der Waals surface area contributed by atoms with Crippen LogP contribution in [0.1, 0.15) is 52.9 Å². The molecule has 1 aromatic rings. The highest BCUT2D eigenvalue weighted by Crippen LogP contribution is 2.32. The Morgan fingerprint density at radius 1 is 1.38 bits per heavy atom. The first-order valence-electron chi connectivity index (χ1n) is 7.23. The van der Waals surface area contributed by atoms with Gasteiger partial charge in [-0.3, -0.25) is 4.79 Å². The van der Waals surface area contributed by atoms with Crippen LogP contribution in [0.5, 0.6) is 0 Å². The number of hydrogen-bond donors (Lipinski definition) is 2. The molecule has 5 nitrogen and oxygen atoms in total. The van der Waals surface area contributed by atoms with Crippen LogP contribution >= 0.6 is 11.3 Å². The summed E-state index contributed by atoms with van der Waals surface area (Å²) in [7, 11) is 0. The second kappa shape index (κ2) is 7.04. The zero-order chi connectivity index (χ0) is 15.4. The van der Waals surface area contributed by atoms with E-state index < -0.39 is 5.97 Å². The number of amides is 1. The summed E-state index contributed by atoms with van der Waals surface area (Å²) < 4.78 is 5.59. The maximum absolute atomic E-state index is 12.0. The number of aromatic carboxylic acids is 1. The van der Waals surface area contributed by atoms with E-state index in [0.29, 0.717) is 17.8 Å². The molecule has 1 aliphatic rings. The minimum Gasteiger partial charge on any atom is -0.478 e. The van der Waals surface area contributed by atoms with Gasteiger partial charge in [0.05, 0.1) is 11.7 Å². The standard InChI is InChI=1S/C15H21NO4S/c1-9-10(2)21-14(13(9)15(18)19)16-12(17)7-6-11-5-3-4-8-20-11/h11H,3-8H2,1-2H3,(H,16,17)(H,18,19). The van der Waals surface area contributed by atoms with Crippen LogP contribution < -0.4 is 5.32 Å². The van der Waals surface area contributed by atoms with Crippen molar-refractivity contribution in [2.24, 2.45) is 0 Å². The molecule has 0 spiro atoms. The fraction of sp³-hybridized carbons (Fsp3) is 0.600. The molecule has 6 heteroatoms. The number of carbonyl (C=O) groups is 2. The summed E-state index contributed by atoms with van der Waals surface area (Å²) in [6.45, 7) is 4.40. The number of carboxylic acid groups (broad SMARTS) is 1. The first-order valence-corrected chi connectivity index (χ1v) is 8.05. The van der Waals surface area contributed by atoms with E-state index >= 15 is 0 Å². The highest BCUT2D eigenvalue weighted by atomic mass is 32.1. The van der Waals surface area contributed by atoms with Gasteiger partial charge in [-0.2, -0.15) is 0 Å². The zero-order valence-corrected chi connectivity index (χ0v) is 13.2. The van der Waals surface area contributed by atoms with Gasteiger partial charge in [0.15, 0.2) is 0 Å². The van der Waals surface area contributed by atoms with Crippen molar-refractivity contribution in [3.05, 3.63) is 16.0 Å². The van der Waals surface area contributed by atoms with Crippen molar-refractivity contribution in [2.45, 2.75) is 52.1 Å². The van der Waals surface area contributed by atoms with Crippen molar-refractivity contribution in [1.82, 2.24) is 0 Å². The molecular weight excluding hydrogens is 290 g/mol. The predicted octanol–water partition coefficient (Wildman–Crippen LogP) is 3.35. The van der Waals surface area contributed by atoms with Crippen LogP contribution in [-0.4, -0.2) is 29.7 Å². The number of rotatable bonds is 5. The van der Waals surface area contributed by atoms with Crippen molar-refractivity contribution in [3.8, 4) is 0 Å². The molecule has 1 aromatic heterocycles. The van der Waals surface area contributed by atoms with Crippen molar-refractivity contribution >= 4 is 28.2 Å². The van der Waals surface area contributed by atoms with Gasteiger partial charge in [0.25, 0.3) is 0 Å². The van der Waals surface area contributed by atoms with Crippen LogP contribution in [0, 0.1) is 13.8 Å². The molecule has 0 aromatic carbocycles. The Bertz CT molecular complexity index is 532. The largest absolute Gasteiger partial charge is 0.478 e. The number of ether oxygens (including phenoxy) is 1. The quantitative estimate of drug-likeness (QED) is 0.874. The number of thiophene rings is 1. The van der Waals surface area contributed by atoms with Crippen LogP contribution in [0.3, 0.4) is 0 Å². The molecule has 1 unspecified atom stereocenters. The Labute approximate surface area is 128 Å². The minimum absolute atomic E-state index is 0.145. The summed E-state index contributed by atoms with van der Waals surface area (Å²) in [6, 6.07) is 0. The maximum atomic E-state index is 12.0. The van der Waals surface area contributed by atoms with Gasteiger partial charge in [-0.1, -0.05) is 0 Å². The summed E-state index contributed by atoms with van der Waals surface area (Å²) in [6.07, 6.45) is 4.47. The molecule has 1 atom stereocenters. The molecule has 0 aliphatic carbocycles. The molecular formula is C15H21NO4S. The molecule has 0 bridgehead atoms. The van der Waals surface area contributed by atoms with Crippen LogP contribution in [0.4, 0.5) is 5.00 Å². The molecule has 1 saturated heterocycles. The van der Waals surface area contributed by atoms with Crippen LogP contribution in [-0.2, 0) is 9.53 Å². The lowest BCUT2D eigenvalue weighted by Gasteiger charge is -2.22. The average molecular weight is 311 g/mol. The van der Waals surface area contributed by atoms with E-state index in [1.54, 1.807) is 6.92 Å². The van der Waals surface area contributed by atoms with Gasteiger partial charge in [-0.25, -0.2) is 4.79 Å². The van der Waals surface area contributed by atoms with Crippen molar-refractivity contribution < 1.29 is 19.4 Å². The lowest BCUT2D eigenvalue weighted by atomic mass is 10.0. The van der Waals surface area contributed by atoms with Gasteiger partial charge in [-0.15, -0.1) is 11.3 Å². The number of nitrogens with one attached hydrogen (secondary N) is 1. The number of aryl methyl sites for hydroxylation is 1. The van der Waals surface area contributed by atoms with Gasteiger partial charge in [-0.05, 0) is 45.1 Å². The molecule has 2 heterocycles. The third kappa shape index (κ3) is 4.04. The Kier molecular flexibility index (Phi) is 5.36. The van der Waals surface area contributed by atoms with Crippen molar-refractivity contribution in [3.63, 3.8) is 0 Å². The molecule has 2 rings (SSSR count). The number of hydrogen-bond acceptors (Lipinski definition) is 4. The summed E-state index contributed by atoms with van der Waals surface area (Å²) in [5, 5.41) is 12.4. The normalized spacial score (nSPS) is 18.5. The Morgan fingerprint density at radius 2 is 2.14 bits per heavy atom. The van der Waals surface area contributed by atoms with E-state index in [1.807, 2.05) is 6.92 Å². The smallest absolute Gasteiger partial charge is 0.338 e. The predicted molar refractivity (Wildman–Crippen MR) is 82.2 cm³/mol. The monoisotopic (exact) mass is 311 g/mol. The lowest BCUT2D eigenvalue weighted by molar-refractivity contribution is -0.117. The fourth-order valence-corrected chi connectivity index (χ4v) is 3.56. The molecule has 1 aliphatic heterocycles. The fourth-order valence-electron chi connectivity index (χ4n) is 2.49. The maximum Gasteiger partial charge on any atom is 0.338 e. The summed E-state index contributed by atoms with van der Waals surface area (Å²) in [5.74, 6) is -1.14. The first kappa shape index (κ1) is 16.0. The van der Waals surface area contributed by atoms with Crippen LogP contribution in [0.15, 0.2) is 0 Å². The Hall–Kier alpha value is -1.40. The van der Waals surface area contributed by atoms with Gasteiger partial charge in [0.1, 0.15) is 5.00 Å². The van der Waals surface area contributed by atoms with E-state index in [4.69, 9.17) is 4.74 Å². The highest BCUT2D eigenvalue weighted by molar-refractivity contribution is 7.16. The molecule has 1 amide bonds. The Balaban J connectivity index is 1.93. The van der Waals surface area contributed by atoms with Gasteiger partial charge >= 0.3 is 5.97 Å². The molecule has 21 heavy (non-hydrogen) atoms. The highest BCUT2D eigenvalue weighted by Gasteiger charge is 2.21. The van der Waals surface area contributed by atoms with E-state index in [0.717, 1.165) is 36.3 Å². The zero-order valence-electron chi connectivity index (χ0n) is 12.4. The lowest BCUT2D eigenvalue weighted by Crippen LogP contribution is -2.22. The van der Waals surface area contributed by atoms with E-state index in [1.165, 1.54) is 11.3 Å². The molecule has 0 radical (unpaired) electrons. The first-order chi connectivity index (χ1) is 9.99. The molecule has 2 N–H and O–H groups in total. The minimum atomic E-state index is -0.997. The second-order valence-corrected chi connectivity index (χ2v) is 6.59. The number of carbonyl (C=O) groups excluding carboxylic acids is 1. The summed E-state index contributed by atoms with van der Waals surface area (Å²) >= 11 is 1.32. The number of anilines is 1. The van der Waals surface area contributed by atoms with E-state index in [2.05, 4.69) is 5.32 Å². The topological polar surface area (TPSA) is 75.6 Å². The molecule has 1 fully saturated rings. The molecule has 116 valence electrons. The summed E-state index contributed by atoms with van der Waals surface area (Å²) in [4.78, 5) is 24.2. The third-order valence-electron chi connectivity index (χ3n) is 3.82. The average Bonchev–Trinajstić information content (AvgIpc) is 2.72. The van der Waals surface area contributed by atoms with E-state index in [-0.39, 0.29) is 17.6 Å². The molecule has 0 saturated carbocycles. The Morgan fingerprint density at radius 3 is 2.76 bits per heavy atom. The van der Waals surface area contributed by atoms with Gasteiger partial charge < -0.3 is 15.2 Å². The van der Waals surface area contributed by atoms with Crippen molar-refractivity contribution in [2.75, 3.05) is 11.9 Å². The van der Waals surface area contributed by atoms with Gasteiger partial charge in [0, 0.05) is 17.9 Å². The van der Waals surface area contributed by atoms with E-state index in [9.17, 15) is 14.7 Å². The SMILES string of the molecule is Cc1sc(NC(=O)CCC2CCCCO2)c(C(=O)O)c1C. The van der Waals surface area contributed by atoms with Crippen molar-refractivity contribution in [1.29, 1.82) is 0 Å². The third-order valence-corrected chi connectivity index (χ3v) is 4.94.